The van der Waals surface area contributed by atoms with Crippen LogP contribution in [0.15, 0.2) is 9.98 Å². The van der Waals surface area contributed by atoms with Gasteiger partial charge in [-0.2, -0.15) is 0 Å². The van der Waals surface area contributed by atoms with E-state index in [4.69, 9.17) is 4.74 Å². The standard InChI is InChI=1S/C19H28N6O2/c1-2-13-9-15(27-19(26)22-14-5-3-6-14)10-16(13)18-24-23-17-11-21-12-20-7-4-8-25(17)18/h7,11,13-16H,2-6,8-10,12H2,1H3,(H,22,26). The molecule has 1 aromatic rings. The van der Waals surface area contributed by atoms with Crippen LogP contribution >= 0.6 is 0 Å². The van der Waals surface area contributed by atoms with E-state index in [-0.39, 0.29) is 18.1 Å². The second-order valence-corrected chi connectivity index (χ2v) is 7.72. The van der Waals surface area contributed by atoms with Gasteiger partial charge in [-0.25, -0.2) is 4.79 Å². The highest BCUT2D eigenvalue weighted by Gasteiger charge is 2.39. The van der Waals surface area contributed by atoms with E-state index in [1.807, 2.05) is 6.21 Å². The van der Waals surface area contributed by atoms with Gasteiger partial charge in [0, 0.05) is 31.1 Å². The van der Waals surface area contributed by atoms with Crippen LogP contribution in [0.5, 0.6) is 0 Å². The molecular formula is C19H28N6O2. The van der Waals surface area contributed by atoms with E-state index in [2.05, 4.69) is 37.0 Å². The number of nitrogens with one attached hydrogen (secondary N) is 1. The average molecular weight is 372 g/mol. The van der Waals surface area contributed by atoms with Gasteiger partial charge < -0.3 is 14.6 Å². The van der Waals surface area contributed by atoms with E-state index >= 15 is 0 Å². The summed E-state index contributed by atoms with van der Waals surface area (Å²) < 4.78 is 7.89. The molecule has 0 saturated heterocycles. The Morgan fingerprint density at radius 1 is 1.30 bits per heavy atom. The Balaban J connectivity index is 1.46. The third kappa shape index (κ3) is 4.04. The second kappa shape index (κ2) is 8.19. The molecule has 8 heteroatoms. The van der Waals surface area contributed by atoms with Crippen LogP contribution in [0.2, 0.25) is 0 Å². The van der Waals surface area contributed by atoms with Gasteiger partial charge in [-0.15, -0.1) is 10.2 Å². The van der Waals surface area contributed by atoms with Crippen LogP contribution in [-0.2, 0) is 11.3 Å². The Hall–Kier alpha value is -2.25. The Labute approximate surface area is 159 Å². The molecule has 3 atom stereocenters. The highest BCUT2D eigenvalue weighted by Crippen LogP contribution is 2.42. The first-order valence-corrected chi connectivity index (χ1v) is 10.1. The normalized spacial score (nSPS) is 28.0. The summed E-state index contributed by atoms with van der Waals surface area (Å²) in [6, 6.07) is 0.303. The van der Waals surface area contributed by atoms with Crippen molar-refractivity contribution in [3.05, 3.63) is 11.6 Å². The molecule has 0 aromatic carbocycles. The van der Waals surface area contributed by atoms with Crippen LogP contribution in [0.4, 0.5) is 4.79 Å². The number of amides is 1. The van der Waals surface area contributed by atoms with Crippen molar-refractivity contribution in [2.45, 2.75) is 76.5 Å². The zero-order valence-electron chi connectivity index (χ0n) is 15.9. The fourth-order valence-electron chi connectivity index (χ4n) is 4.27. The lowest BCUT2D eigenvalue weighted by Gasteiger charge is -2.26. The predicted octanol–water partition coefficient (Wildman–Crippen LogP) is 2.68. The van der Waals surface area contributed by atoms with Crippen LogP contribution in [-0.4, -0.2) is 52.1 Å². The number of hydrogen-bond acceptors (Lipinski definition) is 6. The van der Waals surface area contributed by atoms with Crippen molar-refractivity contribution < 1.29 is 9.53 Å². The van der Waals surface area contributed by atoms with E-state index in [9.17, 15) is 4.79 Å². The Morgan fingerprint density at radius 2 is 2.19 bits per heavy atom. The molecule has 0 bridgehead atoms. The summed E-state index contributed by atoms with van der Waals surface area (Å²) in [5, 5.41) is 11.8. The number of aromatic nitrogens is 3. The zero-order chi connectivity index (χ0) is 18.6. The third-order valence-electron chi connectivity index (χ3n) is 6.00. The minimum absolute atomic E-state index is 0.0560. The van der Waals surface area contributed by atoms with Crippen molar-refractivity contribution in [2.24, 2.45) is 15.9 Å². The molecule has 1 N–H and O–H groups in total. The fraction of sp³-hybridized carbons (Fsp3) is 0.737. The Morgan fingerprint density at radius 3 is 2.96 bits per heavy atom. The quantitative estimate of drug-likeness (QED) is 0.879. The average Bonchev–Trinajstić information content (AvgIpc) is 3.22. The number of fused-ring (bicyclic) bond motifs is 1. The van der Waals surface area contributed by atoms with Crippen LogP contribution < -0.4 is 5.32 Å². The first-order chi connectivity index (χ1) is 13.2. The zero-order valence-corrected chi connectivity index (χ0v) is 15.9. The van der Waals surface area contributed by atoms with Gasteiger partial charge in [0.25, 0.3) is 0 Å². The van der Waals surface area contributed by atoms with Crippen molar-refractivity contribution in [1.82, 2.24) is 20.1 Å². The molecular weight excluding hydrogens is 344 g/mol. The third-order valence-corrected chi connectivity index (χ3v) is 6.00. The van der Waals surface area contributed by atoms with E-state index in [1.165, 1.54) is 6.42 Å². The number of aliphatic imine (C=N–C) groups is 2. The van der Waals surface area contributed by atoms with Gasteiger partial charge in [-0.3, -0.25) is 9.98 Å². The minimum atomic E-state index is -0.267. The smallest absolute Gasteiger partial charge is 0.407 e. The molecule has 146 valence electrons. The van der Waals surface area contributed by atoms with E-state index in [0.29, 0.717) is 18.6 Å². The van der Waals surface area contributed by atoms with Gasteiger partial charge in [-0.1, -0.05) is 13.3 Å². The fourth-order valence-corrected chi connectivity index (χ4v) is 4.27. The van der Waals surface area contributed by atoms with E-state index in [0.717, 1.165) is 56.7 Å². The van der Waals surface area contributed by atoms with Gasteiger partial charge >= 0.3 is 6.09 Å². The summed E-state index contributed by atoms with van der Waals surface area (Å²) in [6.45, 7) is 3.43. The van der Waals surface area contributed by atoms with Gasteiger partial charge in [0.1, 0.15) is 18.6 Å². The topological polar surface area (TPSA) is 93.8 Å². The second-order valence-electron chi connectivity index (χ2n) is 7.72. The number of rotatable bonds is 4. The van der Waals surface area contributed by atoms with E-state index < -0.39 is 0 Å². The van der Waals surface area contributed by atoms with Crippen LogP contribution in [0.3, 0.4) is 0 Å². The molecule has 2 heterocycles. The molecule has 0 spiro atoms. The van der Waals surface area contributed by atoms with E-state index in [1.54, 1.807) is 6.21 Å². The maximum Gasteiger partial charge on any atom is 0.407 e. The van der Waals surface area contributed by atoms with Gasteiger partial charge in [0.2, 0.25) is 0 Å². The lowest BCUT2D eigenvalue weighted by atomic mass is 9.93. The maximum atomic E-state index is 12.1. The molecule has 27 heavy (non-hydrogen) atoms. The molecule has 8 nitrogen and oxygen atoms in total. The Kier molecular flexibility index (Phi) is 5.50. The monoisotopic (exact) mass is 372 g/mol. The number of nitrogens with zero attached hydrogens (tertiary/aromatic N) is 5. The largest absolute Gasteiger partial charge is 0.446 e. The molecule has 1 amide bonds. The van der Waals surface area contributed by atoms with Crippen LogP contribution in [0.25, 0.3) is 0 Å². The van der Waals surface area contributed by atoms with Crippen molar-refractivity contribution in [1.29, 1.82) is 0 Å². The highest BCUT2D eigenvalue weighted by atomic mass is 16.6. The van der Waals surface area contributed by atoms with Crippen molar-refractivity contribution in [3.63, 3.8) is 0 Å². The molecule has 1 aromatic heterocycles. The lowest BCUT2D eigenvalue weighted by molar-refractivity contribution is 0.0913. The SMILES string of the molecule is CCC1CC(OC(=O)NC2CCC2)CC1c1nnc2n1CCC=NCN=C2. The highest BCUT2D eigenvalue weighted by molar-refractivity contribution is 5.75. The lowest BCUT2D eigenvalue weighted by Crippen LogP contribution is -2.40. The minimum Gasteiger partial charge on any atom is -0.446 e. The maximum absolute atomic E-state index is 12.1. The molecule has 2 saturated carbocycles. The summed E-state index contributed by atoms with van der Waals surface area (Å²) in [6.07, 6.45) is 10.2. The number of carbonyl (C=O) groups excluding carboxylic acids is 1. The van der Waals surface area contributed by atoms with Crippen LogP contribution in [0.1, 0.15) is 69.4 Å². The van der Waals surface area contributed by atoms with Crippen LogP contribution in [0, 0.1) is 5.92 Å². The summed E-state index contributed by atoms with van der Waals surface area (Å²) in [5.74, 6) is 2.48. The van der Waals surface area contributed by atoms with Gasteiger partial charge in [0.15, 0.2) is 5.82 Å². The molecule has 1 aliphatic heterocycles. The summed E-state index contributed by atoms with van der Waals surface area (Å²) in [4.78, 5) is 20.7. The molecule has 2 fully saturated rings. The number of hydrogen-bond donors (Lipinski definition) is 1. The Bertz CT molecular complexity index is 724. The first-order valence-electron chi connectivity index (χ1n) is 10.1. The summed E-state index contributed by atoms with van der Waals surface area (Å²) >= 11 is 0. The molecule has 4 rings (SSSR count). The number of alkyl carbamates (subject to hydrolysis) is 1. The molecule has 0 radical (unpaired) electrons. The first kappa shape index (κ1) is 18.1. The van der Waals surface area contributed by atoms with Crippen molar-refractivity contribution in [3.8, 4) is 0 Å². The molecule has 3 unspecified atom stereocenters. The molecule has 2 aliphatic carbocycles. The van der Waals surface area contributed by atoms with Gasteiger partial charge in [-0.05, 0) is 38.0 Å². The predicted molar refractivity (Wildman–Crippen MR) is 102 cm³/mol. The summed E-state index contributed by atoms with van der Waals surface area (Å²) in [5.41, 5.74) is 0. The number of carbonyl (C=O) groups is 1. The number of ether oxygens (including phenoxy) is 1. The van der Waals surface area contributed by atoms with Crippen molar-refractivity contribution in [2.75, 3.05) is 6.67 Å². The summed E-state index contributed by atoms with van der Waals surface area (Å²) in [7, 11) is 0. The van der Waals surface area contributed by atoms with Crippen molar-refractivity contribution >= 4 is 18.5 Å². The van der Waals surface area contributed by atoms with Gasteiger partial charge in [0.05, 0.1) is 6.21 Å². The molecule has 3 aliphatic rings.